The van der Waals surface area contributed by atoms with Crippen molar-refractivity contribution in [2.45, 2.75) is 25.7 Å². The first-order valence-corrected chi connectivity index (χ1v) is 7.26. The highest BCUT2D eigenvalue weighted by molar-refractivity contribution is 6.36. The second kappa shape index (κ2) is 5.56. The Balaban J connectivity index is 2.14. The van der Waals surface area contributed by atoms with E-state index in [1.807, 2.05) is 6.07 Å². The van der Waals surface area contributed by atoms with E-state index in [2.05, 4.69) is 15.4 Å². The van der Waals surface area contributed by atoms with Gasteiger partial charge in [-0.2, -0.15) is 0 Å². The highest BCUT2D eigenvalue weighted by Crippen LogP contribution is 2.32. The zero-order valence-corrected chi connectivity index (χ0v) is 12.3. The van der Waals surface area contributed by atoms with Crippen molar-refractivity contribution >= 4 is 29.0 Å². The average molecular weight is 309 g/mol. The molecule has 0 atom stereocenters. The van der Waals surface area contributed by atoms with Crippen LogP contribution in [0.15, 0.2) is 18.2 Å². The third-order valence-electron chi connectivity index (χ3n) is 3.49. The zero-order valence-electron chi connectivity index (χ0n) is 10.8. The Labute approximate surface area is 127 Å². The molecule has 4 nitrogen and oxygen atoms in total. The standard InChI is InChI=1S/C14H14Cl2N4/c15-8-5-6-9(11(16)7-8)13-18-12-4-2-1-3-10(12)14(19-13)20-17/h5-7H,1-4,17H2,(H,18,19,20). The quantitative estimate of drug-likeness (QED) is 0.657. The minimum Gasteiger partial charge on any atom is -0.308 e. The first-order chi connectivity index (χ1) is 9.69. The van der Waals surface area contributed by atoms with Gasteiger partial charge in [-0.3, -0.25) is 0 Å². The van der Waals surface area contributed by atoms with Crippen LogP contribution in [0.3, 0.4) is 0 Å². The lowest BCUT2D eigenvalue weighted by Gasteiger charge is -2.18. The summed E-state index contributed by atoms with van der Waals surface area (Å²) in [6.45, 7) is 0. The molecule has 1 aromatic carbocycles. The Morgan fingerprint density at radius 3 is 2.65 bits per heavy atom. The number of fused-ring (bicyclic) bond motifs is 1. The summed E-state index contributed by atoms with van der Waals surface area (Å²) >= 11 is 12.1. The number of benzene rings is 1. The molecule has 6 heteroatoms. The number of nitrogens with zero attached hydrogens (tertiary/aromatic N) is 2. The molecule has 2 aromatic rings. The number of nitrogen functional groups attached to an aromatic ring is 1. The molecule has 20 heavy (non-hydrogen) atoms. The SMILES string of the molecule is NNc1nc(-c2ccc(Cl)cc2Cl)nc2c1CCCC2. The van der Waals surface area contributed by atoms with Crippen molar-refractivity contribution in [2.24, 2.45) is 5.84 Å². The molecular formula is C14H14Cl2N4. The number of rotatable bonds is 2. The molecular weight excluding hydrogens is 295 g/mol. The van der Waals surface area contributed by atoms with Gasteiger partial charge >= 0.3 is 0 Å². The number of hydrazine groups is 1. The number of nitrogens with two attached hydrogens (primary N) is 1. The molecule has 0 bridgehead atoms. The molecule has 3 N–H and O–H groups in total. The van der Waals surface area contributed by atoms with Crippen molar-refractivity contribution in [3.63, 3.8) is 0 Å². The number of aromatic nitrogens is 2. The van der Waals surface area contributed by atoms with Gasteiger partial charge in [0.25, 0.3) is 0 Å². The topological polar surface area (TPSA) is 63.8 Å². The Hall–Kier alpha value is -1.36. The van der Waals surface area contributed by atoms with Crippen LogP contribution >= 0.6 is 23.2 Å². The highest BCUT2D eigenvalue weighted by atomic mass is 35.5. The van der Waals surface area contributed by atoms with Gasteiger partial charge in [-0.1, -0.05) is 23.2 Å². The molecule has 1 heterocycles. The van der Waals surface area contributed by atoms with Crippen LogP contribution in [0, 0.1) is 0 Å². The molecule has 104 valence electrons. The van der Waals surface area contributed by atoms with E-state index in [9.17, 15) is 0 Å². The number of hydrogen-bond acceptors (Lipinski definition) is 4. The Morgan fingerprint density at radius 2 is 1.90 bits per heavy atom. The van der Waals surface area contributed by atoms with E-state index in [4.69, 9.17) is 29.0 Å². The van der Waals surface area contributed by atoms with Crippen LogP contribution in [-0.4, -0.2) is 9.97 Å². The first kappa shape index (κ1) is 13.6. The number of hydrogen-bond donors (Lipinski definition) is 2. The lowest BCUT2D eigenvalue weighted by Crippen LogP contribution is -2.17. The Bertz CT molecular complexity index is 641. The summed E-state index contributed by atoms with van der Waals surface area (Å²) in [5.74, 6) is 6.86. The van der Waals surface area contributed by atoms with Crippen LogP contribution in [0.4, 0.5) is 5.82 Å². The first-order valence-electron chi connectivity index (χ1n) is 6.51. The van der Waals surface area contributed by atoms with Crippen molar-refractivity contribution < 1.29 is 0 Å². The van der Waals surface area contributed by atoms with Gasteiger partial charge in [0.05, 0.1) is 5.02 Å². The fraction of sp³-hybridized carbons (Fsp3) is 0.286. The summed E-state index contributed by atoms with van der Waals surface area (Å²) in [6, 6.07) is 5.30. The molecule has 0 radical (unpaired) electrons. The molecule has 0 aliphatic heterocycles. The molecule has 0 amide bonds. The van der Waals surface area contributed by atoms with Crippen molar-refractivity contribution in [3.8, 4) is 11.4 Å². The van der Waals surface area contributed by atoms with Gasteiger partial charge in [0.2, 0.25) is 0 Å². The molecule has 0 fully saturated rings. The van der Waals surface area contributed by atoms with Crippen LogP contribution in [0.1, 0.15) is 24.1 Å². The van der Waals surface area contributed by atoms with Gasteiger partial charge in [-0.05, 0) is 43.9 Å². The molecule has 1 aliphatic rings. The maximum Gasteiger partial charge on any atom is 0.163 e. The van der Waals surface area contributed by atoms with Crippen molar-refractivity contribution in [2.75, 3.05) is 5.43 Å². The zero-order chi connectivity index (χ0) is 14.1. The van der Waals surface area contributed by atoms with Crippen LogP contribution in [0.5, 0.6) is 0 Å². The summed E-state index contributed by atoms with van der Waals surface area (Å²) in [5, 5.41) is 1.13. The minimum absolute atomic E-state index is 0.538. The average Bonchev–Trinajstić information content (AvgIpc) is 2.46. The van der Waals surface area contributed by atoms with Gasteiger partial charge in [-0.25, -0.2) is 15.8 Å². The summed E-state index contributed by atoms with van der Waals surface area (Å²) in [6.07, 6.45) is 4.20. The van der Waals surface area contributed by atoms with Gasteiger partial charge in [0.15, 0.2) is 5.82 Å². The third kappa shape index (κ3) is 2.46. The van der Waals surface area contributed by atoms with E-state index in [-0.39, 0.29) is 0 Å². The van der Waals surface area contributed by atoms with E-state index in [1.54, 1.807) is 12.1 Å². The van der Waals surface area contributed by atoms with Crippen LogP contribution in [0.25, 0.3) is 11.4 Å². The highest BCUT2D eigenvalue weighted by Gasteiger charge is 2.19. The van der Waals surface area contributed by atoms with Crippen LogP contribution in [-0.2, 0) is 12.8 Å². The molecule has 0 saturated heterocycles. The van der Waals surface area contributed by atoms with Gasteiger partial charge < -0.3 is 5.43 Å². The van der Waals surface area contributed by atoms with E-state index in [1.165, 1.54) is 0 Å². The second-order valence-corrected chi connectivity index (χ2v) is 5.64. The van der Waals surface area contributed by atoms with Gasteiger partial charge in [-0.15, -0.1) is 0 Å². The summed E-state index contributed by atoms with van der Waals surface area (Å²) in [4.78, 5) is 9.14. The Kier molecular flexibility index (Phi) is 3.78. The molecule has 0 spiro atoms. The molecule has 0 saturated carbocycles. The van der Waals surface area contributed by atoms with Crippen LogP contribution in [0.2, 0.25) is 10.0 Å². The maximum atomic E-state index is 6.23. The maximum absolute atomic E-state index is 6.23. The van der Waals surface area contributed by atoms with Crippen molar-refractivity contribution in [3.05, 3.63) is 39.5 Å². The van der Waals surface area contributed by atoms with Crippen molar-refractivity contribution in [1.82, 2.24) is 9.97 Å². The van der Waals surface area contributed by atoms with Crippen molar-refractivity contribution in [1.29, 1.82) is 0 Å². The number of aryl methyl sites for hydroxylation is 1. The fourth-order valence-electron chi connectivity index (χ4n) is 2.50. The molecule has 1 aliphatic carbocycles. The Morgan fingerprint density at radius 1 is 1.10 bits per heavy atom. The predicted molar refractivity (Wildman–Crippen MR) is 81.9 cm³/mol. The van der Waals surface area contributed by atoms with E-state index >= 15 is 0 Å². The van der Waals surface area contributed by atoms with E-state index in [0.717, 1.165) is 42.5 Å². The number of nitrogens with one attached hydrogen (secondary N) is 1. The molecule has 1 aromatic heterocycles. The second-order valence-electron chi connectivity index (χ2n) is 4.80. The van der Waals surface area contributed by atoms with Crippen LogP contribution < -0.4 is 11.3 Å². The van der Waals surface area contributed by atoms with E-state index in [0.29, 0.717) is 21.7 Å². The largest absolute Gasteiger partial charge is 0.308 e. The number of anilines is 1. The third-order valence-corrected chi connectivity index (χ3v) is 4.04. The van der Waals surface area contributed by atoms with Gasteiger partial charge in [0, 0.05) is 21.8 Å². The number of halogens is 2. The summed E-state index contributed by atoms with van der Waals surface area (Å²) in [5.41, 5.74) is 5.61. The van der Waals surface area contributed by atoms with E-state index < -0.39 is 0 Å². The molecule has 0 unspecified atom stereocenters. The smallest absolute Gasteiger partial charge is 0.163 e. The normalized spacial score (nSPS) is 13.9. The van der Waals surface area contributed by atoms with Gasteiger partial charge in [0.1, 0.15) is 5.82 Å². The minimum atomic E-state index is 0.538. The predicted octanol–water partition coefficient (Wildman–Crippen LogP) is 3.61. The summed E-state index contributed by atoms with van der Waals surface area (Å²) in [7, 11) is 0. The lowest BCUT2D eigenvalue weighted by atomic mass is 9.96. The monoisotopic (exact) mass is 308 g/mol. The summed E-state index contributed by atoms with van der Waals surface area (Å²) < 4.78 is 0. The lowest BCUT2D eigenvalue weighted by molar-refractivity contribution is 0.665. The molecule has 3 rings (SSSR count). The fourth-order valence-corrected chi connectivity index (χ4v) is 3.00.